The molecule has 2 aliphatic heterocycles. The topological polar surface area (TPSA) is 76.0 Å². The van der Waals surface area contributed by atoms with Crippen molar-refractivity contribution in [1.29, 1.82) is 0 Å². The molecule has 0 aliphatic carbocycles. The molecule has 2 N–H and O–H groups in total. The summed E-state index contributed by atoms with van der Waals surface area (Å²) in [6.45, 7) is 5.78. The zero-order chi connectivity index (χ0) is 11.4. The fourth-order valence-corrected chi connectivity index (χ4v) is 2.14. The first-order valence-electron chi connectivity index (χ1n) is 5.04. The molecule has 0 spiro atoms. The number of carbonyl (C=O) groups is 1. The minimum atomic E-state index is -1.27. The van der Waals surface area contributed by atoms with E-state index in [1.165, 1.54) is 0 Å². The molecule has 0 bridgehead atoms. The van der Waals surface area contributed by atoms with E-state index in [2.05, 4.69) is 0 Å². The first kappa shape index (κ1) is 10.9. The van der Waals surface area contributed by atoms with Crippen molar-refractivity contribution in [2.24, 2.45) is 5.41 Å². The van der Waals surface area contributed by atoms with E-state index < -0.39 is 36.5 Å². The Labute approximate surface area is 88.0 Å². The standard InChI is InChI=1S/C10H16O5/c1-10(2,3)8-4(11)6-7(14-8)5(12)9(13)15-6/h4-8,11-12H,1-3H3/t4?,5-,6+,7+,8?/m0/s1. The van der Waals surface area contributed by atoms with Crippen molar-refractivity contribution in [1.82, 2.24) is 0 Å². The van der Waals surface area contributed by atoms with Gasteiger partial charge in [-0.25, -0.2) is 4.79 Å². The fourth-order valence-electron chi connectivity index (χ4n) is 2.14. The minimum Gasteiger partial charge on any atom is -0.455 e. The summed E-state index contributed by atoms with van der Waals surface area (Å²) in [4.78, 5) is 11.0. The lowest BCUT2D eigenvalue weighted by Crippen LogP contribution is -2.39. The summed E-state index contributed by atoms with van der Waals surface area (Å²) in [5.74, 6) is -0.712. The van der Waals surface area contributed by atoms with Crippen LogP contribution < -0.4 is 0 Å². The molecule has 2 aliphatic rings. The van der Waals surface area contributed by atoms with Gasteiger partial charge in [0.1, 0.15) is 12.2 Å². The maximum atomic E-state index is 11.0. The Kier molecular flexibility index (Phi) is 2.29. The molecule has 2 heterocycles. The van der Waals surface area contributed by atoms with Gasteiger partial charge < -0.3 is 19.7 Å². The average Bonchev–Trinajstić information content (AvgIpc) is 2.54. The molecule has 5 nitrogen and oxygen atoms in total. The van der Waals surface area contributed by atoms with Gasteiger partial charge in [0.25, 0.3) is 0 Å². The van der Waals surface area contributed by atoms with E-state index in [4.69, 9.17) is 9.47 Å². The Balaban J connectivity index is 2.18. The predicted octanol–water partition coefficient (Wildman–Crippen LogP) is -0.553. The molecule has 2 rings (SSSR count). The van der Waals surface area contributed by atoms with E-state index in [0.29, 0.717) is 0 Å². The van der Waals surface area contributed by atoms with Crippen LogP contribution in [-0.4, -0.2) is 46.7 Å². The second-order valence-corrected chi connectivity index (χ2v) is 5.22. The van der Waals surface area contributed by atoms with E-state index in [9.17, 15) is 15.0 Å². The summed E-state index contributed by atoms with van der Waals surface area (Å²) in [6.07, 6.45) is -4.00. The van der Waals surface area contributed by atoms with E-state index in [1.807, 2.05) is 20.8 Å². The second kappa shape index (κ2) is 3.17. The van der Waals surface area contributed by atoms with Gasteiger partial charge in [0, 0.05) is 0 Å². The van der Waals surface area contributed by atoms with Gasteiger partial charge in [-0.3, -0.25) is 0 Å². The van der Waals surface area contributed by atoms with Gasteiger partial charge in [0.05, 0.1) is 6.10 Å². The summed E-state index contributed by atoms with van der Waals surface area (Å²) in [5.41, 5.74) is -0.254. The van der Waals surface area contributed by atoms with Gasteiger partial charge in [0.15, 0.2) is 12.2 Å². The second-order valence-electron chi connectivity index (χ2n) is 5.22. The third kappa shape index (κ3) is 1.55. The van der Waals surface area contributed by atoms with E-state index in [0.717, 1.165) is 0 Å². The average molecular weight is 216 g/mol. The van der Waals surface area contributed by atoms with Crippen LogP contribution in [-0.2, 0) is 14.3 Å². The number of fused-ring (bicyclic) bond motifs is 1. The quantitative estimate of drug-likeness (QED) is 0.531. The van der Waals surface area contributed by atoms with Crippen molar-refractivity contribution >= 4 is 5.97 Å². The Morgan fingerprint density at radius 2 is 1.80 bits per heavy atom. The molecule has 0 amide bonds. The first-order valence-corrected chi connectivity index (χ1v) is 5.04. The first-order chi connectivity index (χ1) is 6.82. The molecule has 0 aromatic heterocycles. The van der Waals surface area contributed by atoms with Gasteiger partial charge in [-0.05, 0) is 5.41 Å². The number of rotatable bonds is 0. The number of hydrogen-bond donors (Lipinski definition) is 2. The number of aliphatic hydroxyl groups excluding tert-OH is 2. The Bertz CT molecular complexity index is 282. The normalized spacial score (nSPS) is 45.4. The molecule has 5 heteroatoms. The number of esters is 1. The van der Waals surface area contributed by atoms with E-state index >= 15 is 0 Å². The van der Waals surface area contributed by atoms with Crippen LogP contribution in [0.5, 0.6) is 0 Å². The largest absolute Gasteiger partial charge is 0.455 e. The number of hydrogen-bond acceptors (Lipinski definition) is 5. The summed E-state index contributed by atoms with van der Waals surface area (Å²) in [6, 6.07) is 0. The molecule has 0 radical (unpaired) electrons. The summed E-state index contributed by atoms with van der Waals surface area (Å²) >= 11 is 0. The minimum absolute atomic E-state index is 0.254. The monoisotopic (exact) mass is 216 g/mol. The number of aliphatic hydroxyl groups is 2. The van der Waals surface area contributed by atoms with Crippen molar-refractivity contribution in [3.05, 3.63) is 0 Å². The molecule has 2 saturated heterocycles. The lowest BCUT2D eigenvalue weighted by molar-refractivity contribution is -0.155. The third-order valence-corrected chi connectivity index (χ3v) is 2.93. The Hall–Kier alpha value is -0.650. The molecule has 0 saturated carbocycles. The molecule has 86 valence electrons. The predicted molar refractivity (Wildman–Crippen MR) is 50.0 cm³/mol. The van der Waals surface area contributed by atoms with Crippen LogP contribution in [0, 0.1) is 5.41 Å². The summed E-state index contributed by atoms with van der Waals surface area (Å²) in [7, 11) is 0. The van der Waals surface area contributed by atoms with Crippen molar-refractivity contribution in [3.8, 4) is 0 Å². The zero-order valence-electron chi connectivity index (χ0n) is 9.01. The summed E-state index contributed by atoms with van der Waals surface area (Å²) in [5, 5.41) is 19.4. The summed E-state index contributed by atoms with van der Waals surface area (Å²) < 4.78 is 10.4. The highest BCUT2D eigenvalue weighted by atomic mass is 16.6. The van der Waals surface area contributed by atoms with Crippen LogP contribution >= 0.6 is 0 Å². The molecule has 0 aromatic rings. The van der Waals surface area contributed by atoms with Gasteiger partial charge in [-0.15, -0.1) is 0 Å². The molecule has 2 fully saturated rings. The van der Waals surface area contributed by atoms with Gasteiger partial charge >= 0.3 is 5.97 Å². The molecule has 2 unspecified atom stereocenters. The van der Waals surface area contributed by atoms with E-state index in [-0.39, 0.29) is 5.41 Å². The van der Waals surface area contributed by atoms with Crippen molar-refractivity contribution in [3.63, 3.8) is 0 Å². The zero-order valence-corrected chi connectivity index (χ0v) is 9.01. The van der Waals surface area contributed by atoms with Crippen LogP contribution in [0.25, 0.3) is 0 Å². The fraction of sp³-hybridized carbons (Fsp3) is 0.900. The highest BCUT2D eigenvalue weighted by molar-refractivity contribution is 5.78. The SMILES string of the molecule is CC(C)(C)C1O[C@@H]2[C@H](O)C(=O)O[C@@H]2C1O. The van der Waals surface area contributed by atoms with E-state index in [1.54, 1.807) is 0 Å². The van der Waals surface area contributed by atoms with Crippen LogP contribution in [0.1, 0.15) is 20.8 Å². The van der Waals surface area contributed by atoms with Crippen molar-refractivity contribution < 1.29 is 24.5 Å². The highest BCUT2D eigenvalue weighted by Crippen LogP contribution is 2.39. The Morgan fingerprint density at radius 1 is 1.20 bits per heavy atom. The third-order valence-electron chi connectivity index (χ3n) is 2.93. The number of carbonyl (C=O) groups excluding carboxylic acids is 1. The molecule has 15 heavy (non-hydrogen) atoms. The lowest BCUT2D eigenvalue weighted by Gasteiger charge is -2.29. The molecule has 5 atom stereocenters. The van der Waals surface area contributed by atoms with Crippen LogP contribution in [0.15, 0.2) is 0 Å². The Morgan fingerprint density at radius 3 is 2.27 bits per heavy atom. The molecular weight excluding hydrogens is 200 g/mol. The molecule has 0 aromatic carbocycles. The maximum Gasteiger partial charge on any atom is 0.338 e. The highest BCUT2D eigenvalue weighted by Gasteiger charge is 2.58. The van der Waals surface area contributed by atoms with Gasteiger partial charge in [-0.2, -0.15) is 0 Å². The van der Waals surface area contributed by atoms with Crippen LogP contribution in [0.2, 0.25) is 0 Å². The lowest BCUT2D eigenvalue weighted by atomic mass is 9.85. The smallest absolute Gasteiger partial charge is 0.338 e. The number of ether oxygens (including phenoxy) is 2. The van der Waals surface area contributed by atoms with Gasteiger partial charge in [0.2, 0.25) is 0 Å². The van der Waals surface area contributed by atoms with Crippen molar-refractivity contribution in [2.45, 2.75) is 51.3 Å². The van der Waals surface area contributed by atoms with Crippen molar-refractivity contribution in [2.75, 3.05) is 0 Å². The van der Waals surface area contributed by atoms with Crippen LogP contribution in [0.3, 0.4) is 0 Å². The van der Waals surface area contributed by atoms with Gasteiger partial charge in [-0.1, -0.05) is 20.8 Å². The molecular formula is C10H16O5. The van der Waals surface area contributed by atoms with Crippen LogP contribution in [0.4, 0.5) is 0 Å². The maximum absolute atomic E-state index is 11.0.